The van der Waals surface area contributed by atoms with Gasteiger partial charge in [0.05, 0.1) is 5.69 Å². The summed E-state index contributed by atoms with van der Waals surface area (Å²) in [5.41, 5.74) is 2.93. The van der Waals surface area contributed by atoms with Crippen LogP contribution in [-0.4, -0.2) is 29.2 Å². The maximum absolute atomic E-state index is 4.37. The summed E-state index contributed by atoms with van der Waals surface area (Å²) in [5, 5.41) is 8.68. The number of hydrogen-bond acceptors (Lipinski definition) is 4. The van der Waals surface area contributed by atoms with E-state index in [1.807, 2.05) is 42.7 Å². The Kier molecular flexibility index (Phi) is 4.55. The molecule has 0 aromatic carbocycles. The summed E-state index contributed by atoms with van der Waals surface area (Å²) in [4.78, 5) is 8.55. The molecule has 4 aromatic heterocycles. The molecule has 24 heavy (non-hydrogen) atoms. The van der Waals surface area contributed by atoms with Crippen molar-refractivity contribution < 1.29 is 0 Å². The summed E-state index contributed by atoms with van der Waals surface area (Å²) in [5.74, 6) is 1.76. The van der Waals surface area contributed by atoms with Crippen molar-refractivity contribution in [2.45, 2.75) is 39.5 Å². The van der Waals surface area contributed by atoms with E-state index in [4.69, 9.17) is 0 Å². The molecule has 0 atom stereocenters. The molecule has 6 nitrogen and oxygen atoms in total. The first kappa shape index (κ1) is 16.1. The summed E-state index contributed by atoms with van der Waals surface area (Å²) in [7, 11) is 0. The van der Waals surface area contributed by atoms with Crippen molar-refractivity contribution in [2.24, 2.45) is 0 Å². The van der Waals surface area contributed by atoms with Gasteiger partial charge in [-0.15, -0.1) is 0 Å². The van der Waals surface area contributed by atoms with Crippen LogP contribution in [0.3, 0.4) is 0 Å². The minimum absolute atomic E-state index is 0.393. The highest BCUT2D eigenvalue weighted by atomic mass is 15.3. The Labute approximate surface area is 141 Å². The molecule has 0 fully saturated rings. The number of hydrogen-bond donors (Lipinski definition) is 0. The third-order valence-corrected chi connectivity index (χ3v) is 3.62. The lowest BCUT2D eigenvalue weighted by Crippen LogP contribution is -1.90. The summed E-state index contributed by atoms with van der Waals surface area (Å²) in [6, 6.07) is 9.77. The SMILES string of the molecule is CC(C)c1cc2ncccn2n1.CC(C)c1nc2ccccn2n1. The summed E-state index contributed by atoms with van der Waals surface area (Å²) in [6.45, 7) is 8.44. The van der Waals surface area contributed by atoms with Gasteiger partial charge in [0.25, 0.3) is 0 Å². The molecule has 6 heteroatoms. The topological polar surface area (TPSA) is 60.4 Å². The first-order chi connectivity index (χ1) is 11.5. The zero-order valence-electron chi connectivity index (χ0n) is 14.5. The van der Waals surface area contributed by atoms with Crippen LogP contribution < -0.4 is 0 Å². The third-order valence-electron chi connectivity index (χ3n) is 3.62. The van der Waals surface area contributed by atoms with Crippen molar-refractivity contribution in [3.8, 4) is 0 Å². The van der Waals surface area contributed by atoms with Gasteiger partial charge in [-0.05, 0) is 24.1 Å². The van der Waals surface area contributed by atoms with Crippen molar-refractivity contribution in [3.63, 3.8) is 0 Å². The van der Waals surface area contributed by atoms with Gasteiger partial charge >= 0.3 is 0 Å². The van der Waals surface area contributed by atoms with E-state index >= 15 is 0 Å². The van der Waals surface area contributed by atoms with Crippen LogP contribution in [-0.2, 0) is 0 Å². The lowest BCUT2D eigenvalue weighted by Gasteiger charge is -1.94. The molecule has 4 rings (SSSR count). The van der Waals surface area contributed by atoms with Gasteiger partial charge in [-0.1, -0.05) is 33.8 Å². The van der Waals surface area contributed by atoms with Crippen LogP contribution >= 0.6 is 0 Å². The van der Waals surface area contributed by atoms with Crippen LogP contribution in [0.15, 0.2) is 48.9 Å². The molecule has 0 aliphatic heterocycles. The molecule has 0 N–H and O–H groups in total. The second kappa shape index (κ2) is 6.78. The van der Waals surface area contributed by atoms with Crippen LogP contribution in [0.1, 0.15) is 51.0 Å². The van der Waals surface area contributed by atoms with E-state index in [0.717, 1.165) is 22.8 Å². The highest BCUT2D eigenvalue weighted by Crippen LogP contribution is 2.13. The zero-order valence-corrected chi connectivity index (χ0v) is 14.5. The quantitative estimate of drug-likeness (QED) is 0.564. The maximum atomic E-state index is 4.37. The first-order valence-electron chi connectivity index (χ1n) is 8.16. The Morgan fingerprint density at radius 3 is 2.25 bits per heavy atom. The van der Waals surface area contributed by atoms with Crippen molar-refractivity contribution in [2.75, 3.05) is 0 Å². The van der Waals surface area contributed by atoms with Crippen molar-refractivity contribution >= 4 is 11.3 Å². The van der Waals surface area contributed by atoms with Crippen LogP contribution in [0.5, 0.6) is 0 Å². The van der Waals surface area contributed by atoms with Gasteiger partial charge in [-0.25, -0.2) is 19.0 Å². The Morgan fingerprint density at radius 1 is 0.833 bits per heavy atom. The van der Waals surface area contributed by atoms with Crippen molar-refractivity contribution in [1.82, 2.24) is 29.2 Å². The van der Waals surface area contributed by atoms with Crippen molar-refractivity contribution in [1.29, 1.82) is 0 Å². The molecule has 124 valence electrons. The van der Waals surface area contributed by atoms with E-state index in [0.29, 0.717) is 11.8 Å². The summed E-state index contributed by atoms with van der Waals surface area (Å²) >= 11 is 0. The monoisotopic (exact) mass is 322 g/mol. The Balaban J connectivity index is 0.000000141. The highest BCUT2D eigenvalue weighted by molar-refractivity contribution is 5.39. The predicted molar refractivity (Wildman–Crippen MR) is 94.2 cm³/mol. The van der Waals surface area contributed by atoms with Crippen molar-refractivity contribution in [3.05, 3.63) is 60.4 Å². The predicted octanol–water partition coefficient (Wildman–Crippen LogP) is 3.71. The van der Waals surface area contributed by atoms with Gasteiger partial charge in [-0.2, -0.15) is 10.2 Å². The number of fused-ring (bicyclic) bond motifs is 2. The fourth-order valence-electron chi connectivity index (χ4n) is 2.22. The lowest BCUT2D eigenvalue weighted by atomic mass is 10.1. The Hall–Kier alpha value is -2.76. The van der Waals surface area contributed by atoms with Gasteiger partial charge in [0, 0.05) is 30.6 Å². The van der Waals surface area contributed by atoms with E-state index in [1.54, 1.807) is 15.2 Å². The van der Waals surface area contributed by atoms with E-state index in [2.05, 4.69) is 47.9 Å². The van der Waals surface area contributed by atoms with E-state index in [9.17, 15) is 0 Å². The number of aromatic nitrogens is 6. The molecule has 0 saturated carbocycles. The minimum Gasteiger partial charge on any atom is -0.237 e. The number of nitrogens with zero attached hydrogens (tertiary/aromatic N) is 6. The largest absolute Gasteiger partial charge is 0.237 e. The molecule has 0 saturated heterocycles. The van der Waals surface area contributed by atoms with Gasteiger partial charge in [0.1, 0.15) is 0 Å². The molecule has 0 unspecified atom stereocenters. The first-order valence-corrected chi connectivity index (χ1v) is 8.16. The van der Waals surface area contributed by atoms with Gasteiger partial charge in [0.15, 0.2) is 17.1 Å². The number of pyridine rings is 1. The van der Waals surface area contributed by atoms with Gasteiger partial charge < -0.3 is 0 Å². The molecule has 0 bridgehead atoms. The van der Waals surface area contributed by atoms with Crippen LogP contribution in [0, 0.1) is 0 Å². The lowest BCUT2D eigenvalue weighted by molar-refractivity contribution is 0.765. The molecule has 0 aliphatic carbocycles. The smallest absolute Gasteiger partial charge is 0.155 e. The van der Waals surface area contributed by atoms with E-state index in [1.165, 1.54) is 0 Å². The Bertz CT molecular complexity index is 791. The molecule has 0 radical (unpaired) electrons. The normalized spacial score (nSPS) is 11.2. The highest BCUT2D eigenvalue weighted by Gasteiger charge is 2.05. The molecule has 0 amide bonds. The molecule has 0 aliphatic rings. The average Bonchev–Trinajstić information content (AvgIpc) is 3.19. The maximum Gasteiger partial charge on any atom is 0.155 e. The average molecular weight is 322 g/mol. The Morgan fingerprint density at radius 2 is 1.58 bits per heavy atom. The molecule has 4 heterocycles. The van der Waals surface area contributed by atoms with E-state index < -0.39 is 0 Å². The van der Waals surface area contributed by atoms with Gasteiger partial charge in [-0.3, -0.25) is 0 Å². The molecule has 4 aromatic rings. The standard InChI is InChI=1S/2C9H11N3/c1-7(2)8-6-9-10-4-3-5-12(9)11-8;1-7(2)9-10-8-5-3-4-6-12(8)11-9/h2*3-7H,1-2H3. The molecule has 0 spiro atoms. The summed E-state index contributed by atoms with van der Waals surface area (Å²) < 4.78 is 3.60. The molecular formula is C18H22N6. The van der Waals surface area contributed by atoms with Crippen LogP contribution in [0.2, 0.25) is 0 Å². The fourth-order valence-corrected chi connectivity index (χ4v) is 2.22. The fraction of sp³-hybridized carbons (Fsp3) is 0.333. The minimum atomic E-state index is 0.393. The van der Waals surface area contributed by atoms with Crippen LogP contribution in [0.25, 0.3) is 11.3 Å². The summed E-state index contributed by atoms with van der Waals surface area (Å²) in [6.07, 6.45) is 5.60. The third kappa shape index (κ3) is 3.42. The second-order valence-corrected chi connectivity index (χ2v) is 6.27. The zero-order chi connectivity index (χ0) is 17.1. The second-order valence-electron chi connectivity index (χ2n) is 6.27. The molecular weight excluding hydrogens is 300 g/mol. The van der Waals surface area contributed by atoms with Crippen LogP contribution in [0.4, 0.5) is 0 Å². The van der Waals surface area contributed by atoms with Gasteiger partial charge in [0.2, 0.25) is 0 Å². The van der Waals surface area contributed by atoms with E-state index in [-0.39, 0.29) is 0 Å². The number of rotatable bonds is 2.